The van der Waals surface area contributed by atoms with Crippen LogP contribution in [0.15, 0.2) is 54.0 Å². The number of carbonyl (C=O) groups excluding carboxylic acids is 1. The first-order valence-electron chi connectivity index (χ1n) is 6.50. The molecule has 5 nitrogen and oxygen atoms in total. The largest absolute Gasteiger partial charge is 0.463 e. The minimum absolute atomic E-state index is 0.332. The first-order valence-corrected chi connectivity index (χ1v) is 7.48. The molecule has 0 radical (unpaired) electrons. The first kappa shape index (κ1) is 15.2. The fraction of sp³-hybridized carbons (Fsp3) is 0.200. The summed E-state index contributed by atoms with van der Waals surface area (Å²) in [6.07, 6.45) is 6.58. The van der Waals surface area contributed by atoms with Gasteiger partial charge in [0.15, 0.2) is 5.16 Å². The number of thioether (sulfide) groups is 1. The molecule has 2 aromatic rings. The number of hydrogen-bond donors (Lipinski definition) is 0. The monoisotopic (exact) mass is 301 g/mol. The van der Waals surface area contributed by atoms with Gasteiger partial charge >= 0.3 is 5.97 Å². The molecular weight excluding hydrogens is 286 g/mol. The predicted octanol–water partition coefficient (Wildman–Crippen LogP) is 2.75. The molecular formula is C15H15N3O2S. The van der Waals surface area contributed by atoms with Gasteiger partial charge in [-0.3, -0.25) is 4.98 Å². The summed E-state index contributed by atoms with van der Waals surface area (Å²) in [5, 5.41) is 0.645. The van der Waals surface area contributed by atoms with E-state index in [1.165, 1.54) is 17.8 Å². The van der Waals surface area contributed by atoms with E-state index in [1.54, 1.807) is 25.4 Å². The summed E-state index contributed by atoms with van der Waals surface area (Å²) in [4.78, 5) is 24.0. The van der Waals surface area contributed by atoms with E-state index in [0.717, 1.165) is 11.4 Å². The molecule has 0 unspecified atom stereocenters. The van der Waals surface area contributed by atoms with Crippen LogP contribution in [0, 0.1) is 0 Å². The summed E-state index contributed by atoms with van der Waals surface area (Å²) in [6.45, 7) is 2.16. The van der Waals surface area contributed by atoms with Crippen LogP contribution in [0.25, 0.3) is 11.4 Å². The van der Waals surface area contributed by atoms with E-state index in [4.69, 9.17) is 4.74 Å². The van der Waals surface area contributed by atoms with Crippen LogP contribution in [0.2, 0.25) is 0 Å². The van der Waals surface area contributed by atoms with Crippen LogP contribution in [0.3, 0.4) is 0 Å². The number of nitrogens with zero attached hydrogens (tertiary/aromatic N) is 3. The molecule has 0 amide bonds. The second kappa shape index (κ2) is 8.16. The third-order valence-electron chi connectivity index (χ3n) is 2.41. The second-order valence-corrected chi connectivity index (χ2v) is 4.89. The topological polar surface area (TPSA) is 65.0 Å². The van der Waals surface area contributed by atoms with Gasteiger partial charge in [0.25, 0.3) is 0 Å². The first-order chi connectivity index (χ1) is 10.3. The van der Waals surface area contributed by atoms with Crippen molar-refractivity contribution in [1.82, 2.24) is 15.0 Å². The molecule has 0 aliphatic heterocycles. The molecule has 0 fully saturated rings. The Morgan fingerprint density at radius 2 is 2.14 bits per heavy atom. The number of esters is 1. The average molecular weight is 301 g/mol. The highest BCUT2D eigenvalue weighted by Gasteiger charge is 2.03. The molecule has 6 heteroatoms. The Hall–Kier alpha value is -2.21. The Morgan fingerprint density at radius 1 is 1.24 bits per heavy atom. The lowest BCUT2D eigenvalue weighted by Gasteiger charge is -2.01. The van der Waals surface area contributed by atoms with E-state index in [0.29, 0.717) is 17.5 Å². The Morgan fingerprint density at radius 3 is 2.90 bits per heavy atom. The molecule has 2 aromatic heterocycles. The zero-order valence-electron chi connectivity index (χ0n) is 11.6. The summed E-state index contributed by atoms with van der Waals surface area (Å²) >= 11 is 1.44. The lowest BCUT2D eigenvalue weighted by atomic mass is 10.3. The molecule has 2 heterocycles. The summed E-state index contributed by atoms with van der Waals surface area (Å²) in [6, 6.07) is 7.50. The normalized spacial score (nSPS) is 10.7. The Balaban J connectivity index is 1.94. The quantitative estimate of drug-likeness (QED) is 0.354. The molecule has 0 bridgehead atoms. The van der Waals surface area contributed by atoms with Crippen LogP contribution in [0.4, 0.5) is 0 Å². The van der Waals surface area contributed by atoms with Gasteiger partial charge < -0.3 is 4.74 Å². The third-order valence-corrected chi connectivity index (χ3v) is 3.22. The van der Waals surface area contributed by atoms with Gasteiger partial charge in [-0.15, -0.1) is 0 Å². The van der Waals surface area contributed by atoms with Crippen molar-refractivity contribution in [1.29, 1.82) is 0 Å². The fourth-order valence-corrected chi connectivity index (χ4v) is 2.16. The highest BCUT2D eigenvalue weighted by molar-refractivity contribution is 7.99. The molecule has 21 heavy (non-hydrogen) atoms. The number of rotatable bonds is 6. The zero-order valence-corrected chi connectivity index (χ0v) is 12.4. The van der Waals surface area contributed by atoms with Crippen molar-refractivity contribution in [3.63, 3.8) is 0 Å². The molecule has 0 N–H and O–H groups in total. The molecule has 0 aliphatic rings. The minimum Gasteiger partial charge on any atom is -0.463 e. The lowest BCUT2D eigenvalue weighted by molar-refractivity contribution is -0.137. The van der Waals surface area contributed by atoms with Crippen molar-refractivity contribution < 1.29 is 9.53 Å². The van der Waals surface area contributed by atoms with Gasteiger partial charge in [0, 0.05) is 24.2 Å². The number of ether oxygens (including phenoxy) is 1. The van der Waals surface area contributed by atoms with Crippen molar-refractivity contribution >= 4 is 17.7 Å². The highest BCUT2D eigenvalue weighted by Crippen LogP contribution is 2.18. The number of pyridine rings is 1. The maximum absolute atomic E-state index is 11.1. The van der Waals surface area contributed by atoms with E-state index in [2.05, 4.69) is 15.0 Å². The van der Waals surface area contributed by atoms with Crippen molar-refractivity contribution in [2.75, 3.05) is 12.4 Å². The molecule has 0 saturated heterocycles. The van der Waals surface area contributed by atoms with Crippen LogP contribution in [-0.2, 0) is 9.53 Å². The predicted molar refractivity (Wildman–Crippen MR) is 81.8 cm³/mol. The highest BCUT2D eigenvalue weighted by atomic mass is 32.2. The smallest absolute Gasteiger partial charge is 0.330 e. The van der Waals surface area contributed by atoms with Crippen LogP contribution >= 0.6 is 11.8 Å². The molecule has 0 aliphatic carbocycles. The SMILES string of the molecule is CCOC(=O)C=CCSc1nccc(-c2ccccn2)n1. The molecule has 108 valence electrons. The van der Waals surface area contributed by atoms with Crippen molar-refractivity contribution in [3.05, 3.63) is 48.8 Å². The van der Waals surface area contributed by atoms with E-state index >= 15 is 0 Å². The van der Waals surface area contributed by atoms with Crippen LogP contribution in [0.5, 0.6) is 0 Å². The minimum atomic E-state index is -0.332. The van der Waals surface area contributed by atoms with E-state index in [9.17, 15) is 4.79 Å². The molecule has 0 aromatic carbocycles. The van der Waals surface area contributed by atoms with E-state index < -0.39 is 0 Å². The van der Waals surface area contributed by atoms with Gasteiger partial charge in [-0.1, -0.05) is 23.9 Å². The van der Waals surface area contributed by atoms with Gasteiger partial charge in [0.2, 0.25) is 0 Å². The third kappa shape index (κ3) is 5.00. The van der Waals surface area contributed by atoms with Gasteiger partial charge in [0.1, 0.15) is 0 Å². The summed E-state index contributed by atoms with van der Waals surface area (Å²) < 4.78 is 4.80. The molecule has 0 saturated carbocycles. The maximum Gasteiger partial charge on any atom is 0.330 e. The zero-order chi connectivity index (χ0) is 14.9. The standard InChI is InChI=1S/C15H15N3O2S/c1-2-20-14(19)7-5-11-21-15-17-10-8-13(18-15)12-6-3-4-9-16-12/h3-10H,2,11H2,1H3. The van der Waals surface area contributed by atoms with Crippen molar-refractivity contribution in [2.45, 2.75) is 12.1 Å². The number of hydrogen-bond acceptors (Lipinski definition) is 6. The van der Waals surface area contributed by atoms with Gasteiger partial charge in [0.05, 0.1) is 18.0 Å². The molecule has 0 atom stereocenters. The Bertz CT molecular complexity index is 617. The van der Waals surface area contributed by atoms with E-state index in [1.807, 2.05) is 24.3 Å². The number of aromatic nitrogens is 3. The fourth-order valence-electron chi connectivity index (χ4n) is 1.52. The van der Waals surface area contributed by atoms with Crippen LogP contribution < -0.4 is 0 Å². The van der Waals surface area contributed by atoms with Gasteiger partial charge in [-0.25, -0.2) is 14.8 Å². The summed E-state index contributed by atoms with van der Waals surface area (Å²) in [5.41, 5.74) is 1.59. The lowest BCUT2D eigenvalue weighted by Crippen LogP contribution is -1.99. The molecule has 0 spiro atoms. The van der Waals surface area contributed by atoms with E-state index in [-0.39, 0.29) is 5.97 Å². The van der Waals surface area contributed by atoms with Gasteiger partial charge in [-0.05, 0) is 25.1 Å². The van der Waals surface area contributed by atoms with Crippen LogP contribution in [-0.4, -0.2) is 33.3 Å². The summed E-state index contributed by atoms with van der Waals surface area (Å²) in [7, 11) is 0. The maximum atomic E-state index is 11.1. The Labute approximate surface area is 127 Å². The average Bonchev–Trinajstić information content (AvgIpc) is 2.53. The van der Waals surface area contributed by atoms with Crippen molar-refractivity contribution in [3.8, 4) is 11.4 Å². The second-order valence-electron chi connectivity index (χ2n) is 3.90. The summed E-state index contributed by atoms with van der Waals surface area (Å²) in [5.74, 6) is 0.270. The number of carbonyl (C=O) groups is 1. The Kier molecular flexibility index (Phi) is 5.90. The van der Waals surface area contributed by atoms with Crippen molar-refractivity contribution in [2.24, 2.45) is 0 Å². The molecule has 2 rings (SSSR count). The van der Waals surface area contributed by atoms with Gasteiger partial charge in [-0.2, -0.15) is 0 Å². The van der Waals surface area contributed by atoms with Crippen LogP contribution in [0.1, 0.15) is 6.92 Å².